The van der Waals surface area contributed by atoms with E-state index in [1.807, 2.05) is 0 Å². The quantitative estimate of drug-likeness (QED) is 0.546. The van der Waals surface area contributed by atoms with Crippen LogP contribution in [-0.2, 0) is 23.1 Å². The van der Waals surface area contributed by atoms with Crippen LogP contribution in [0.4, 0.5) is 0 Å². The summed E-state index contributed by atoms with van der Waals surface area (Å²) in [6, 6.07) is 13.0. The molecule has 0 aliphatic carbocycles. The van der Waals surface area contributed by atoms with Crippen molar-refractivity contribution < 1.29 is 22.4 Å². The highest BCUT2D eigenvalue weighted by Gasteiger charge is 2.21. The molecule has 0 bridgehead atoms. The van der Waals surface area contributed by atoms with E-state index < -0.39 is 10.0 Å². The van der Waals surface area contributed by atoms with Gasteiger partial charge in [-0.05, 0) is 55.0 Å². The van der Waals surface area contributed by atoms with Crippen LogP contribution in [0.2, 0.25) is 5.02 Å². The number of amides is 1. The molecule has 0 fully saturated rings. The lowest BCUT2D eigenvalue weighted by molar-refractivity contribution is 0.0783. The molecule has 0 saturated carbocycles. The summed E-state index contributed by atoms with van der Waals surface area (Å²) in [5.74, 6) is 0.782. The van der Waals surface area contributed by atoms with Crippen LogP contribution >= 0.6 is 11.6 Å². The molecule has 0 radical (unpaired) electrons. The predicted molar refractivity (Wildman–Crippen MR) is 118 cm³/mol. The van der Waals surface area contributed by atoms with Crippen LogP contribution in [0.15, 0.2) is 64.1 Å². The maximum Gasteiger partial charge on any atom is 0.254 e. The van der Waals surface area contributed by atoms with Crippen LogP contribution in [0.5, 0.6) is 5.75 Å². The monoisotopic (exact) mass is 462 g/mol. The predicted octanol–water partition coefficient (Wildman–Crippen LogP) is 4.00. The number of aryl methyl sites for hydroxylation is 1. The average molecular weight is 463 g/mol. The lowest BCUT2D eigenvalue weighted by atomic mass is 10.1. The molecule has 1 N–H and O–H groups in total. The van der Waals surface area contributed by atoms with E-state index in [9.17, 15) is 13.2 Å². The maximum atomic E-state index is 13.1. The maximum absolute atomic E-state index is 13.1. The van der Waals surface area contributed by atoms with Gasteiger partial charge < -0.3 is 14.1 Å². The van der Waals surface area contributed by atoms with Gasteiger partial charge in [-0.15, -0.1) is 0 Å². The minimum atomic E-state index is -3.83. The van der Waals surface area contributed by atoms with Crippen LogP contribution < -0.4 is 9.46 Å². The van der Waals surface area contributed by atoms with Crippen molar-refractivity contribution in [2.24, 2.45) is 0 Å². The van der Waals surface area contributed by atoms with E-state index in [-0.39, 0.29) is 23.9 Å². The first kappa shape index (κ1) is 22.9. The molecule has 0 atom stereocenters. The first-order valence-corrected chi connectivity index (χ1v) is 11.3. The average Bonchev–Trinajstić information content (AvgIpc) is 3.26. The summed E-state index contributed by atoms with van der Waals surface area (Å²) in [4.78, 5) is 14.6. The Bertz CT molecular complexity index is 1180. The molecule has 1 heterocycles. The van der Waals surface area contributed by atoms with Gasteiger partial charge in [0, 0.05) is 29.7 Å². The third-order valence-electron chi connectivity index (χ3n) is 4.76. The van der Waals surface area contributed by atoms with E-state index in [0.717, 1.165) is 5.56 Å². The molecule has 1 amide bonds. The van der Waals surface area contributed by atoms with Crippen molar-refractivity contribution in [2.45, 2.75) is 24.9 Å². The summed E-state index contributed by atoms with van der Waals surface area (Å²) in [7, 11) is -0.646. The van der Waals surface area contributed by atoms with Crippen molar-refractivity contribution in [3.63, 3.8) is 0 Å². The van der Waals surface area contributed by atoms with E-state index in [4.69, 9.17) is 20.8 Å². The Hall–Kier alpha value is -2.81. The van der Waals surface area contributed by atoms with Gasteiger partial charge >= 0.3 is 0 Å². The Morgan fingerprint density at radius 3 is 2.65 bits per heavy atom. The summed E-state index contributed by atoms with van der Waals surface area (Å²) in [6.07, 6.45) is 1.47. The fourth-order valence-corrected chi connectivity index (χ4v) is 4.28. The Kier molecular flexibility index (Phi) is 7.04. The number of nitrogens with one attached hydrogen (secondary N) is 1. The zero-order valence-electron chi connectivity index (χ0n) is 17.4. The van der Waals surface area contributed by atoms with Crippen LogP contribution in [0.3, 0.4) is 0 Å². The first-order valence-electron chi connectivity index (χ1n) is 9.42. The summed E-state index contributed by atoms with van der Waals surface area (Å²) in [6.45, 7) is 2.02. The molecular formula is C22H23ClN2O5S. The number of hydrogen-bond donors (Lipinski definition) is 1. The molecule has 0 unspecified atom stereocenters. The minimum Gasteiger partial charge on any atom is -0.496 e. The van der Waals surface area contributed by atoms with Gasteiger partial charge in [-0.3, -0.25) is 4.79 Å². The van der Waals surface area contributed by atoms with Gasteiger partial charge in [0.15, 0.2) is 0 Å². The second-order valence-corrected chi connectivity index (χ2v) is 9.20. The van der Waals surface area contributed by atoms with E-state index in [1.54, 1.807) is 57.5 Å². The van der Waals surface area contributed by atoms with Gasteiger partial charge in [-0.2, -0.15) is 0 Å². The minimum absolute atomic E-state index is 0.00161. The van der Waals surface area contributed by atoms with Crippen LogP contribution in [0.25, 0.3) is 0 Å². The van der Waals surface area contributed by atoms with Gasteiger partial charge in [0.25, 0.3) is 5.91 Å². The van der Waals surface area contributed by atoms with E-state index in [0.29, 0.717) is 27.7 Å². The Balaban J connectivity index is 1.82. The number of carbonyl (C=O) groups excluding carboxylic acids is 1. The lowest BCUT2D eigenvalue weighted by Gasteiger charge is -2.20. The number of furan rings is 1. The molecule has 2 aromatic carbocycles. The number of sulfonamides is 1. The highest BCUT2D eigenvalue weighted by molar-refractivity contribution is 7.89. The van der Waals surface area contributed by atoms with Crippen LogP contribution in [0, 0.1) is 6.92 Å². The number of nitrogens with zero attached hydrogens (tertiary/aromatic N) is 1. The standard InChI is InChI=1S/C22H23ClN2O5S/c1-15-6-8-19(31(27,28)24-13-18-5-4-10-30-18)12-20(15)22(26)25(2)14-16-11-17(23)7-9-21(16)29-3/h4-12,24H,13-14H2,1-3H3. The fraction of sp³-hybridized carbons (Fsp3) is 0.227. The van der Waals surface area contributed by atoms with E-state index in [2.05, 4.69) is 4.72 Å². The highest BCUT2D eigenvalue weighted by atomic mass is 35.5. The zero-order valence-corrected chi connectivity index (χ0v) is 19.0. The Morgan fingerprint density at radius 1 is 1.19 bits per heavy atom. The van der Waals surface area contributed by atoms with Crippen molar-refractivity contribution in [3.8, 4) is 5.75 Å². The second kappa shape index (κ2) is 9.55. The van der Waals surface area contributed by atoms with E-state index in [1.165, 1.54) is 23.3 Å². The number of benzene rings is 2. The SMILES string of the molecule is COc1ccc(Cl)cc1CN(C)C(=O)c1cc(S(=O)(=O)NCc2ccco2)ccc1C. The molecule has 0 aliphatic rings. The number of ether oxygens (including phenoxy) is 1. The third-order valence-corrected chi connectivity index (χ3v) is 6.40. The molecule has 3 rings (SSSR count). The fourth-order valence-electron chi connectivity index (χ4n) is 3.06. The second-order valence-electron chi connectivity index (χ2n) is 7.00. The van der Waals surface area contributed by atoms with Crippen molar-refractivity contribution >= 4 is 27.5 Å². The number of halogens is 1. The van der Waals surface area contributed by atoms with Crippen molar-refractivity contribution in [1.82, 2.24) is 9.62 Å². The van der Waals surface area contributed by atoms with Crippen LogP contribution in [0.1, 0.15) is 27.2 Å². The number of carbonyl (C=O) groups is 1. The molecule has 9 heteroatoms. The smallest absolute Gasteiger partial charge is 0.254 e. The van der Waals surface area contributed by atoms with Gasteiger partial charge in [-0.1, -0.05) is 17.7 Å². The molecule has 0 aliphatic heterocycles. The van der Waals surface area contributed by atoms with Gasteiger partial charge in [0.05, 0.1) is 24.8 Å². The van der Waals surface area contributed by atoms with Gasteiger partial charge in [0.1, 0.15) is 11.5 Å². The summed E-state index contributed by atoms with van der Waals surface area (Å²) >= 11 is 6.08. The van der Waals surface area contributed by atoms with Crippen LogP contribution in [-0.4, -0.2) is 33.4 Å². The lowest BCUT2D eigenvalue weighted by Crippen LogP contribution is -2.28. The molecule has 0 spiro atoms. The van der Waals surface area contributed by atoms with Crippen molar-refractivity contribution in [1.29, 1.82) is 0 Å². The Labute approximate surface area is 186 Å². The number of hydrogen-bond acceptors (Lipinski definition) is 5. The molecular weight excluding hydrogens is 440 g/mol. The molecule has 31 heavy (non-hydrogen) atoms. The summed E-state index contributed by atoms with van der Waals surface area (Å²) in [5.41, 5.74) is 1.71. The van der Waals surface area contributed by atoms with Gasteiger partial charge in [0.2, 0.25) is 10.0 Å². The van der Waals surface area contributed by atoms with Gasteiger partial charge in [-0.25, -0.2) is 13.1 Å². The first-order chi connectivity index (χ1) is 14.7. The highest BCUT2D eigenvalue weighted by Crippen LogP contribution is 2.25. The topological polar surface area (TPSA) is 88.8 Å². The largest absolute Gasteiger partial charge is 0.496 e. The van der Waals surface area contributed by atoms with Crippen molar-refractivity contribution in [3.05, 3.63) is 82.3 Å². The number of rotatable bonds is 8. The van der Waals surface area contributed by atoms with Crippen molar-refractivity contribution in [2.75, 3.05) is 14.2 Å². The number of methoxy groups -OCH3 is 1. The summed E-state index contributed by atoms with van der Waals surface area (Å²) in [5, 5.41) is 0.531. The molecule has 3 aromatic rings. The summed E-state index contributed by atoms with van der Waals surface area (Å²) < 4.78 is 38.3. The normalized spacial score (nSPS) is 11.4. The third kappa shape index (κ3) is 5.46. The molecule has 0 saturated heterocycles. The molecule has 1 aromatic heterocycles. The zero-order chi connectivity index (χ0) is 22.6. The Morgan fingerprint density at radius 2 is 1.97 bits per heavy atom. The molecule has 7 nitrogen and oxygen atoms in total. The molecule has 164 valence electrons. The van der Waals surface area contributed by atoms with E-state index >= 15 is 0 Å².